The van der Waals surface area contributed by atoms with Gasteiger partial charge < -0.3 is 10.1 Å². The Morgan fingerprint density at radius 3 is 2.55 bits per heavy atom. The van der Waals surface area contributed by atoms with Crippen LogP contribution in [0.15, 0.2) is 36.7 Å². The molecule has 1 aromatic heterocycles. The van der Waals surface area contributed by atoms with E-state index in [0.29, 0.717) is 0 Å². The van der Waals surface area contributed by atoms with Crippen molar-refractivity contribution in [2.24, 2.45) is 0 Å². The summed E-state index contributed by atoms with van der Waals surface area (Å²) in [4.78, 5) is 8.53. The second-order valence-electron chi connectivity index (χ2n) is 4.59. The van der Waals surface area contributed by atoms with Gasteiger partial charge in [-0.2, -0.15) is 0 Å². The second kappa shape index (κ2) is 7.48. The maximum absolute atomic E-state index is 5.58. The normalized spacial score (nSPS) is 10.3. The van der Waals surface area contributed by atoms with Crippen LogP contribution in [0.1, 0.15) is 26.7 Å². The van der Waals surface area contributed by atoms with Crippen molar-refractivity contribution in [3.63, 3.8) is 0 Å². The molecule has 0 amide bonds. The fourth-order valence-electron chi connectivity index (χ4n) is 1.81. The van der Waals surface area contributed by atoms with Crippen LogP contribution in [0.3, 0.4) is 0 Å². The molecule has 0 unspecified atom stereocenters. The van der Waals surface area contributed by atoms with Gasteiger partial charge in [-0.05, 0) is 37.1 Å². The van der Waals surface area contributed by atoms with Crippen LogP contribution in [0, 0.1) is 0 Å². The van der Waals surface area contributed by atoms with E-state index in [1.807, 2.05) is 30.3 Å². The fraction of sp³-hybridized carbons (Fsp3) is 0.375. The standard InChI is InChI=1S/C16H21N3O/c1-3-9-17-16-11-15(18-12-19-16)13-5-7-14(8-6-13)20-10-4-2/h5-8,11-12H,3-4,9-10H2,1-2H3,(H,17,18,19). The predicted octanol–water partition coefficient (Wildman–Crippen LogP) is 3.75. The monoisotopic (exact) mass is 271 g/mol. The molecule has 1 heterocycles. The first-order valence-corrected chi connectivity index (χ1v) is 7.12. The Morgan fingerprint density at radius 1 is 1.05 bits per heavy atom. The quantitative estimate of drug-likeness (QED) is 0.833. The number of aromatic nitrogens is 2. The van der Waals surface area contributed by atoms with Gasteiger partial charge >= 0.3 is 0 Å². The summed E-state index contributed by atoms with van der Waals surface area (Å²) >= 11 is 0. The highest BCUT2D eigenvalue weighted by molar-refractivity contribution is 5.62. The molecule has 4 heteroatoms. The third-order valence-corrected chi connectivity index (χ3v) is 2.85. The summed E-state index contributed by atoms with van der Waals surface area (Å²) in [5, 5.41) is 3.27. The van der Waals surface area contributed by atoms with Crippen molar-refractivity contribution in [2.45, 2.75) is 26.7 Å². The average molecular weight is 271 g/mol. The van der Waals surface area contributed by atoms with Gasteiger partial charge in [-0.25, -0.2) is 9.97 Å². The van der Waals surface area contributed by atoms with E-state index in [1.54, 1.807) is 6.33 Å². The van der Waals surface area contributed by atoms with Gasteiger partial charge in [0.1, 0.15) is 17.9 Å². The zero-order chi connectivity index (χ0) is 14.2. The van der Waals surface area contributed by atoms with Crippen molar-refractivity contribution in [3.05, 3.63) is 36.7 Å². The van der Waals surface area contributed by atoms with Gasteiger partial charge in [0.2, 0.25) is 0 Å². The molecule has 1 aromatic carbocycles. The van der Waals surface area contributed by atoms with Gasteiger partial charge in [0.25, 0.3) is 0 Å². The maximum Gasteiger partial charge on any atom is 0.129 e. The maximum atomic E-state index is 5.58. The lowest BCUT2D eigenvalue weighted by atomic mass is 10.1. The number of benzene rings is 1. The molecular formula is C16H21N3O. The Morgan fingerprint density at radius 2 is 1.85 bits per heavy atom. The second-order valence-corrected chi connectivity index (χ2v) is 4.59. The number of anilines is 1. The van der Waals surface area contributed by atoms with Crippen LogP contribution < -0.4 is 10.1 Å². The van der Waals surface area contributed by atoms with Gasteiger partial charge in [0, 0.05) is 18.2 Å². The molecule has 0 aliphatic heterocycles. The molecule has 0 aliphatic carbocycles. The smallest absolute Gasteiger partial charge is 0.129 e. The molecule has 4 nitrogen and oxygen atoms in total. The molecule has 0 bridgehead atoms. The van der Waals surface area contributed by atoms with Crippen molar-refractivity contribution in [1.82, 2.24) is 9.97 Å². The molecule has 0 atom stereocenters. The van der Waals surface area contributed by atoms with E-state index < -0.39 is 0 Å². The van der Waals surface area contributed by atoms with Crippen LogP contribution in [0.4, 0.5) is 5.82 Å². The molecule has 20 heavy (non-hydrogen) atoms. The van der Waals surface area contributed by atoms with Gasteiger partial charge in [0.15, 0.2) is 0 Å². The molecule has 0 saturated heterocycles. The fourth-order valence-corrected chi connectivity index (χ4v) is 1.81. The minimum absolute atomic E-state index is 0.748. The highest BCUT2D eigenvalue weighted by atomic mass is 16.5. The Hall–Kier alpha value is -2.10. The lowest BCUT2D eigenvalue weighted by Gasteiger charge is -2.07. The van der Waals surface area contributed by atoms with Crippen LogP contribution in [0.5, 0.6) is 5.75 Å². The zero-order valence-electron chi connectivity index (χ0n) is 12.1. The van der Waals surface area contributed by atoms with E-state index in [-0.39, 0.29) is 0 Å². The number of hydrogen-bond acceptors (Lipinski definition) is 4. The summed E-state index contributed by atoms with van der Waals surface area (Å²) in [6.45, 7) is 5.89. The third-order valence-electron chi connectivity index (χ3n) is 2.85. The van der Waals surface area contributed by atoms with Crippen molar-refractivity contribution in [3.8, 4) is 17.0 Å². The Balaban J connectivity index is 2.10. The first kappa shape index (κ1) is 14.3. The Bertz CT molecular complexity index is 526. The van der Waals surface area contributed by atoms with E-state index >= 15 is 0 Å². The predicted molar refractivity (Wildman–Crippen MR) is 82.0 cm³/mol. The molecule has 106 valence electrons. The number of nitrogens with zero attached hydrogens (tertiary/aromatic N) is 2. The lowest BCUT2D eigenvalue weighted by Crippen LogP contribution is -2.02. The van der Waals surface area contributed by atoms with E-state index in [4.69, 9.17) is 4.74 Å². The molecule has 2 aromatic rings. The van der Waals surface area contributed by atoms with Crippen LogP contribution in [-0.4, -0.2) is 23.1 Å². The van der Waals surface area contributed by atoms with Crippen molar-refractivity contribution in [1.29, 1.82) is 0 Å². The highest BCUT2D eigenvalue weighted by Crippen LogP contribution is 2.22. The summed E-state index contributed by atoms with van der Waals surface area (Å²) < 4.78 is 5.58. The largest absolute Gasteiger partial charge is 0.494 e. The molecule has 0 aliphatic rings. The number of ether oxygens (including phenoxy) is 1. The average Bonchev–Trinajstić information content (AvgIpc) is 2.52. The van der Waals surface area contributed by atoms with Crippen LogP contribution in [-0.2, 0) is 0 Å². The van der Waals surface area contributed by atoms with Crippen LogP contribution in [0.25, 0.3) is 11.3 Å². The van der Waals surface area contributed by atoms with E-state index in [1.165, 1.54) is 0 Å². The van der Waals surface area contributed by atoms with Gasteiger partial charge in [0.05, 0.1) is 12.3 Å². The van der Waals surface area contributed by atoms with Crippen molar-refractivity contribution in [2.75, 3.05) is 18.5 Å². The van der Waals surface area contributed by atoms with Crippen LogP contribution >= 0.6 is 0 Å². The zero-order valence-corrected chi connectivity index (χ0v) is 12.1. The van der Waals surface area contributed by atoms with E-state index in [9.17, 15) is 0 Å². The molecular weight excluding hydrogens is 250 g/mol. The molecule has 0 radical (unpaired) electrons. The number of rotatable bonds is 7. The van der Waals surface area contributed by atoms with Gasteiger partial charge in [-0.3, -0.25) is 0 Å². The Kier molecular flexibility index (Phi) is 5.35. The number of nitrogens with one attached hydrogen (secondary N) is 1. The molecule has 1 N–H and O–H groups in total. The summed E-state index contributed by atoms with van der Waals surface area (Å²) in [5.74, 6) is 1.76. The molecule has 2 rings (SSSR count). The van der Waals surface area contributed by atoms with Crippen molar-refractivity contribution >= 4 is 5.82 Å². The number of hydrogen-bond donors (Lipinski definition) is 1. The molecule has 0 saturated carbocycles. The highest BCUT2D eigenvalue weighted by Gasteiger charge is 2.02. The van der Waals surface area contributed by atoms with Crippen molar-refractivity contribution < 1.29 is 4.74 Å². The summed E-state index contributed by atoms with van der Waals surface area (Å²) in [7, 11) is 0. The Labute approximate surface area is 120 Å². The first-order valence-electron chi connectivity index (χ1n) is 7.12. The summed E-state index contributed by atoms with van der Waals surface area (Å²) in [6, 6.07) is 9.98. The topological polar surface area (TPSA) is 47.0 Å². The summed E-state index contributed by atoms with van der Waals surface area (Å²) in [6.07, 6.45) is 3.68. The third kappa shape index (κ3) is 3.95. The molecule has 0 fully saturated rings. The minimum atomic E-state index is 0.748. The SMILES string of the molecule is CCCNc1cc(-c2ccc(OCCC)cc2)ncn1. The molecule has 0 spiro atoms. The van der Waals surface area contributed by atoms with E-state index in [0.717, 1.165) is 48.8 Å². The van der Waals surface area contributed by atoms with Crippen LogP contribution in [0.2, 0.25) is 0 Å². The minimum Gasteiger partial charge on any atom is -0.494 e. The van der Waals surface area contributed by atoms with E-state index in [2.05, 4.69) is 29.1 Å². The summed E-state index contributed by atoms with van der Waals surface area (Å²) in [5.41, 5.74) is 1.98. The van der Waals surface area contributed by atoms with Gasteiger partial charge in [-0.15, -0.1) is 0 Å². The first-order chi connectivity index (χ1) is 9.83. The lowest BCUT2D eigenvalue weighted by molar-refractivity contribution is 0.317. The van der Waals surface area contributed by atoms with Gasteiger partial charge in [-0.1, -0.05) is 13.8 Å².